The average Bonchev–Trinajstić information content (AvgIpc) is 3.06. The number of alkyl halides is 6. The number of benzene rings is 3. The zero-order chi connectivity index (χ0) is 36.1. The summed E-state index contributed by atoms with van der Waals surface area (Å²) in [6, 6.07) is 13.2. The number of hydrogen-bond donors (Lipinski definition) is 2. The van der Waals surface area contributed by atoms with Crippen molar-refractivity contribution in [2.75, 3.05) is 58.3 Å². The molecule has 2 atom stereocenters. The summed E-state index contributed by atoms with van der Waals surface area (Å²) in [5.74, 6) is -1.35. The second kappa shape index (κ2) is 15.9. The van der Waals surface area contributed by atoms with E-state index in [4.69, 9.17) is 23.2 Å². The van der Waals surface area contributed by atoms with E-state index in [-0.39, 0.29) is 35.6 Å². The van der Waals surface area contributed by atoms with Crippen LogP contribution in [0.3, 0.4) is 0 Å². The van der Waals surface area contributed by atoms with E-state index in [1.54, 1.807) is 25.2 Å². The van der Waals surface area contributed by atoms with Gasteiger partial charge in [-0.3, -0.25) is 9.69 Å². The maximum atomic E-state index is 13.5. The second-order valence-electron chi connectivity index (χ2n) is 12.0. The van der Waals surface area contributed by atoms with Crippen LogP contribution in [0.25, 0.3) is 0 Å². The van der Waals surface area contributed by atoms with Gasteiger partial charge in [0.25, 0.3) is 5.91 Å². The number of nitrogens with zero attached hydrogens (tertiary/aromatic N) is 3. The third-order valence-electron chi connectivity index (χ3n) is 8.58. The third-order valence-corrected chi connectivity index (χ3v) is 9.31. The van der Waals surface area contributed by atoms with E-state index >= 15 is 0 Å². The number of amides is 3. The Balaban J connectivity index is 1.48. The molecule has 3 aromatic carbocycles. The number of piperazine rings is 1. The van der Waals surface area contributed by atoms with Crippen LogP contribution in [0.4, 0.5) is 36.8 Å². The van der Waals surface area contributed by atoms with Crippen LogP contribution in [0.2, 0.25) is 10.0 Å². The van der Waals surface area contributed by atoms with Crippen molar-refractivity contribution < 1.29 is 35.9 Å². The topological polar surface area (TPSA) is 67.9 Å². The first-order chi connectivity index (χ1) is 23.0. The van der Waals surface area contributed by atoms with Crippen molar-refractivity contribution in [2.45, 2.75) is 37.7 Å². The highest BCUT2D eigenvalue weighted by Gasteiger charge is 2.38. The lowest BCUT2D eigenvalue weighted by Crippen LogP contribution is -2.47. The number of hydrogen-bond acceptors (Lipinski definition) is 4. The number of urea groups is 1. The van der Waals surface area contributed by atoms with E-state index in [0.717, 1.165) is 21.7 Å². The average molecular weight is 733 g/mol. The van der Waals surface area contributed by atoms with Gasteiger partial charge in [-0.2, -0.15) is 26.3 Å². The van der Waals surface area contributed by atoms with E-state index in [1.165, 1.54) is 7.05 Å². The van der Waals surface area contributed by atoms with Crippen LogP contribution >= 0.6 is 23.2 Å². The highest BCUT2D eigenvalue weighted by molar-refractivity contribution is 6.42. The molecule has 0 aromatic heterocycles. The molecule has 1 fully saturated rings. The molecule has 4 rings (SSSR count). The van der Waals surface area contributed by atoms with Crippen molar-refractivity contribution in [3.8, 4) is 0 Å². The summed E-state index contributed by atoms with van der Waals surface area (Å²) in [5, 5.41) is 6.06. The number of carbonyl (C=O) groups excluding carboxylic acids is 2. The van der Waals surface area contributed by atoms with Crippen molar-refractivity contribution in [3.05, 3.63) is 98.5 Å². The Morgan fingerprint density at radius 1 is 0.878 bits per heavy atom. The van der Waals surface area contributed by atoms with Crippen LogP contribution in [-0.4, -0.2) is 75.1 Å². The summed E-state index contributed by atoms with van der Waals surface area (Å²) in [6.07, 6.45) is -9.65. The molecule has 7 nitrogen and oxygen atoms in total. The molecule has 1 aliphatic heterocycles. The molecule has 15 heteroatoms. The molecule has 2 N–H and O–H groups in total. The predicted molar refractivity (Wildman–Crippen MR) is 178 cm³/mol. The van der Waals surface area contributed by atoms with Gasteiger partial charge in [-0.1, -0.05) is 47.5 Å². The monoisotopic (exact) mass is 731 g/mol. The van der Waals surface area contributed by atoms with E-state index < -0.39 is 35.0 Å². The molecule has 1 aliphatic rings. The van der Waals surface area contributed by atoms with Crippen LogP contribution in [0.15, 0.2) is 60.7 Å². The number of para-hydroxylation sites is 1. The molecule has 1 heterocycles. The molecule has 0 bridgehead atoms. The minimum absolute atomic E-state index is 0.00203. The van der Waals surface area contributed by atoms with Crippen LogP contribution < -0.4 is 15.5 Å². The van der Waals surface area contributed by atoms with Gasteiger partial charge in [-0.25, -0.2) is 4.79 Å². The highest BCUT2D eigenvalue weighted by atomic mass is 35.5. The fraction of sp³-hybridized carbons (Fsp3) is 0.412. The first kappa shape index (κ1) is 38.1. The van der Waals surface area contributed by atoms with Crippen LogP contribution in [0, 0.1) is 0 Å². The molecular formula is C34H37Cl2F6N5O2. The molecule has 1 saturated heterocycles. The van der Waals surface area contributed by atoms with E-state index in [9.17, 15) is 35.9 Å². The Kier molecular flexibility index (Phi) is 12.4. The Labute approximate surface area is 291 Å². The summed E-state index contributed by atoms with van der Waals surface area (Å²) < 4.78 is 80.8. The number of carbonyl (C=O) groups is 2. The van der Waals surface area contributed by atoms with Crippen LogP contribution in [-0.2, 0) is 12.4 Å². The normalized spacial score (nSPS) is 15.4. The minimum atomic E-state index is -5.08. The molecule has 49 heavy (non-hydrogen) atoms. The molecular weight excluding hydrogens is 695 g/mol. The molecule has 266 valence electrons. The number of halogens is 8. The largest absolute Gasteiger partial charge is 0.416 e. The van der Waals surface area contributed by atoms with Gasteiger partial charge in [0, 0.05) is 64.0 Å². The number of anilines is 1. The van der Waals surface area contributed by atoms with Gasteiger partial charge in [-0.15, -0.1) is 0 Å². The first-order valence-corrected chi connectivity index (χ1v) is 16.3. The number of likely N-dealkylation sites (N-methyl/N-ethyl adjacent to an activating group) is 1. The van der Waals surface area contributed by atoms with Crippen LogP contribution in [0.5, 0.6) is 0 Å². The predicted octanol–water partition coefficient (Wildman–Crippen LogP) is 8.09. The smallest absolute Gasteiger partial charge is 0.369 e. The molecule has 0 saturated carbocycles. The van der Waals surface area contributed by atoms with Gasteiger partial charge in [0.2, 0.25) is 0 Å². The lowest BCUT2D eigenvalue weighted by Gasteiger charge is -2.38. The van der Waals surface area contributed by atoms with Crippen molar-refractivity contribution in [1.29, 1.82) is 0 Å². The lowest BCUT2D eigenvalue weighted by atomic mass is 9.94. The maximum Gasteiger partial charge on any atom is 0.416 e. The lowest BCUT2D eigenvalue weighted by molar-refractivity contribution is -0.143. The zero-order valence-electron chi connectivity index (χ0n) is 27.1. The minimum Gasteiger partial charge on any atom is -0.369 e. The molecule has 0 spiro atoms. The highest BCUT2D eigenvalue weighted by Crippen LogP contribution is 2.37. The Morgan fingerprint density at radius 2 is 1.49 bits per heavy atom. The summed E-state index contributed by atoms with van der Waals surface area (Å²) >= 11 is 12.4. The fourth-order valence-electron chi connectivity index (χ4n) is 5.88. The van der Waals surface area contributed by atoms with Crippen molar-refractivity contribution in [3.63, 3.8) is 0 Å². The van der Waals surface area contributed by atoms with Gasteiger partial charge in [0.05, 0.1) is 27.2 Å². The molecule has 1 unspecified atom stereocenters. The third kappa shape index (κ3) is 9.95. The summed E-state index contributed by atoms with van der Waals surface area (Å²) in [7, 11) is 2.90. The Hall–Kier alpha value is -3.68. The van der Waals surface area contributed by atoms with E-state index in [1.807, 2.05) is 31.2 Å². The van der Waals surface area contributed by atoms with Gasteiger partial charge < -0.3 is 20.4 Å². The van der Waals surface area contributed by atoms with Crippen molar-refractivity contribution in [1.82, 2.24) is 20.4 Å². The SMILES string of the molecule is CNC(=O)N[C@H](C)c1ccccc1N1CCN(CCC(CN(C)C(=O)c2cc(C(F)(F)F)cc(C(F)(F)F)c2)c2ccc(Cl)c(Cl)c2)CC1. The van der Waals surface area contributed by atoms with E-state index in [0.29, 0.717) is 56.3 Å². The maximum absolute atomic E-state index is 13.5. The quantitative estimate of drug-likeness (QED) is 0.207. The number of nitrogens with one attached hydrogen (secondary N) is 2. The zero-order valence-corrected chi connectivity index (χ0v) is 28.6. The summed E-state index contributed by atoms with van der Waals surface area (Å²) in [4.78, 5) is 30.9. The first-order valence-electron chi connectivity index (χ1n) is 15.5. The summed E-state index contributed by atoms with van der Waals surface area (Å²) in [6.45, 7) is 5.33. The Morgan fingerprint density at radius 3 is 2.06 bits per heavy atom. The standard InChI is InChI=1S/C34H37Cl2F6N5O2/c1-21(44-32(49)43-2)27-6-4-5-7-30(27)47-14-12-46(13-15-47)11-10-23(22-8-9-28(35)29(36)18-22)20-45(3)31(48)24-16-25(33(37,38)39)19-26(17-24)34(40,41)42/h4-9,16-19,21,23H,10-15,20H2,1-3H3,(H2,43,44,49)/t21-,23?/m1/s1. The second-order valence-corrected chi connectivity index (χ2v) is 12.8. The van der Waals surface area contributed by atoms with Crippen molar-refractivity contribution >= 4 is 40.8 Å². The molecule has 0 aliphatic carbocycles. The number of rotatable bonds is 10. The van der Waals surface area contributed by atoms with Gasteiger partial charge >= 0.3 is 18.4 Å². The van der Waals surface area contributed by atoms with Crippen molar-refractivity contribution in [2.24, 2.45) is 0 Å². The van der Waals surface area contributed by atoms with Crippen LogP contribution in [0.1, 0.15) is 57.9 Å². The summed E-state index contributed by atoms with van der Waals surface area (Å²) in [5.41, 5.74) is -1.11. The van der Waals surface area contributed by atoms with Gasteiger partial charge in [0.1, 0.15) is 0 Å². The van der Waals surface area contributed by atoms with Gasteiger partial charge in [0.15, 0.2) is 0 Å². The fourth-order valence-corrected chi connectivity index (χ4v) is 6.19. The molecule has 0 radical (unpaired) electrons. The molecule has 3 aromatic rings. The molecule has 3 amide bonds. The van der Waals surface area contributed by atoms with E-state index in [2.05, 4.69) is 20.4 Å². The Bertz CT molecular complexity index is 1600. The van der Waals surface area contributed by atoms with Gasteiger partial charge in [-0.05, 0) is 67.4 Å².